The van der Waals surface area contributed by atoms with E-state index in [-0.39, 0.29) is 5.60 Å². The highest BCUT2D eigenvalue weighted by atomic mass is 16.5. The van der Waals surface area contributed by atoms with Crippen LogP contribution in [-0.2, 0) is 16.9 Å². The second-order valence-electron chi connectivity index (χ2n) is 4.96. The Bertz CT molecular complexity index is 369. The summed E-state index contributed by atoms with van der Waals surface area (Å²) in [4.78, 5) is 8.98. The average Bonchev–Trinajstić information content (AvgIpc) is 2.26. The molecule has 0 aromatic carbocycles. The highest BCUT2D eigenvalue weighted by Crippen LogP contribution is 2.42. The van der Waals surface area contributed by atoms with Gasteiger partial charge in [0.25, 0.3) is 0 Å². The van der Waals surface area contributed by atoms with Gasteiger partial charge >= 0.3 is 0 Å². The fraction of sp³-hybridized carbons (Fsp3) is 0.692. The van der Waals surface area contributed by atoms with Gasteiger partial charge in [-0.1, -0.05) is 13.8 Å². The summed E-state index contributed by atoms with van der Waals surface area (Å²) in [6.45, 7) is 5.04. The number of hydrogen-bond donors (Lipinski definition) is 1. The van der Waals surface area contributed by atoms with Crippen molar-refractivity contribution in [2.45, 2.75) is 51.3 Å². The van der Waals surface area contributed by atoms with Crippen LogP contribution in [0.1, 0.15) is 44.6 Å². The molecular weight excluding hydrogens is 214 g/mol. The molecule has 4 heteroatoms. The smallest absolute Gasteiger partial charge is 0.160 e. The fourth-order valence-electron chi connectivity index (χ4n) is 2.04. The molecule has 2 rings (SSSR count). The van der Waals surface area contributed by atoms with Crippen molar-refractivity contribution in [2.24, 2.45) is 0 Å². The molecule has 0 atom stereocenters. The lowest BCUT2D eigenvalue weighted by atomic mass is 9.79. The average molecular weight is 235 g/mol. The Kier molecular flexibility index (Phi) is 3.74. The van der Waals surface area contributed by atoms with Crippen LogP contribution in [-0.4, -0.2) is 23.1 Å². The summed E-state index contributed by atoms with van der Waals surface area (Å²) in [6, 6.07) is 2.43. The van der Waals surface area contributed by atoms with Gasteiger partial charge in [0.05, 0.1) is 5.69 Å². The molecule has 1 aliphatic rings. The van der Waals surface area contributed by atoms with E-state index in [2.05, 4.69) is 29.1 Å². The fourth-order valence-corrected chi connectivity index (χ4v) is 2.04. The molecule has 94 valence electrons. The summed E-state index contributed by atoms with van der Waals surface area (Å²) in [6.07, 6.45) is 5.10. The van der Waals surface area contributed by atoms with Crippen LogP contribution in [0.3, 0.4) is 0 Å². The van der Waals surface area contributed by atoms with Gasteiger partial charge in [0.15, 0.2) is 5.82 Å². The summed E-state index contributed by atoms with van der Waals surface area (Å²) in [5.74, 6) is 0.842. The van der Waals surface area contributed by atoms with Gasteiger partial charge in [-0.05, 0) is 25.3 Å². The molecule has 1 aromatic rings. The van der Waals surface area contributed by atoms with E-state index in [0.29, 0.717) is 6.04 Å². The van der Waals surface area contributed by atoms with Crippen LogP contribution >= 0.6 is 0 Å². The number of aromatic nitrogens is 2. The summed E-state index contributed by atoms with van der Waals surface area (Å²) < 4.78 is 5.60. The third-order valence-corrected chi connectivity index (χ3v) is 3.36. The Hall–Kier alpha value is -1.00. The molecule has 1 aromatic heterocycles. The minimum atomic E-state index is -0.214. The van der Waals surface area contributed by atoms with Crippen LogP contribution in [0.15, 0.2) is 12.3 Å². The van der Waals surface area contributed by atoms with Gasteiger partial charge in [-0.2, -0.15) is 0 Å². The van der Waals surface area contributed by atoms with Crippen molar-refractivity contribution in [1.82, 2.24) is 15.3 Å². The zero-order chi connectivity index (χ0) is 12.3. The molecule has 0 aliphatic heterocycles. The topological polar surface area (TPSA) is 47.0 Å². The molecule has 0 bridgehead atoms. The minimum Gasteiger partial charge on any atom is -0.370 e. The van der Waals surface area contributed by atoms with Gasteiger partial charge in [0, 0.05) is 25.9 Å². The minimum absolute atomic E-state index is 0.214. The summed E-state index contributed by atoms with van der Waals surface area (Å²) in [5, 5.41) is 3.36. The van der Waals surface area contributed by atoms with E-state index in [1.54, 1.807) is 7.11 Å². The van der Waals surface area contributed by atoms with Crippen LogP contribution in [0.4, 0.5) is 0 Å². The number of methoxy groups -OCH3 is 1. The van der Waals surface area contributed by atoms with Gasteiger partial charge in [0.1, 0.15) is 5.60 Å². The van der Waals surface area contributed by atoms with Crippen molar-refractivity contribution in [3.05, 3.63) is 23.8 Å². The lowest BCUT2D eigenvalue weighted by Gasteiger charge is -2.38. The Morgan fingerprint density at radius 1 is 1.47 bits per heavy atom. The monoisotopic (exact) mass is 235 g/mol. The van der Waals surface area contributed by atoms with E-state index in [1.165, 1.54) is 6.42 Å². The van der Waals surface area contributed by atoms with Gasteiger partial charge in [-0.15, -0.1) is 0 Å². The lowest BCUT2D eigenvalue weighted by molar-refractivity contribution is -0.0848. The standard InChI is InChI=1S/C13H21N3O/c1-10(2)15-9-11-5-8-14-12(16-11)13(17-3)6-4-7-13/h5,8,10,15H,4,6-7,9H2,1-3H3. The third kappa shape index (κ3) is 2.64. The van der Waals surface area contributed by atoms with Crippen LogP contribution in [0.25, 0.3) is 0 Å². The van der Waals surface area contributed by atoms with E-state index in [1.807, 2.05) is 12.3 Å². The van der Waals surface area contributed by atoms with Gasteiger partial charge in [-0.3, -0.25) is 0 Å². The predicted molar refractivity (Wildman–Crippen MR) is 66.5 cm³/mol. The number of ether oxygens (including phenoxy) is 1. The third-order valence-electron chi connectivity index (χ3n) is 3.36. The molecule has 1 fully saturated rings. The summed E-state index contributed by atoms with van der Waals surface area (Å²) >= 11 is 0. The van der Waals surface area contributed by atoms with Crippen molar-refractivity contribution in [3.63, 3.8) is 0 Å². The molecule has 1 aliphatic carbocycles. The van der Waals surface area contributed by atoms with Gasteiger partial charge in [0.2, 0.25) is 0 Å². The summed E-state index contributed by atoms with van der Waals surface area (Å²) in [7, 11) is 1.75. The molecule has 0 unspecified atom stereocenters. The van der Waals surface area contributed by atoms with E-state index < -0.39 is 0 Å². The first-order valence-corrected chi connectivity index (χ1v) is 6.27. The van der Waals surface area contributed by atoms with Crippen LogP contribution < -0.4 is 5.32 Å². The molecule has 1 saturated carbocycles. The maximum atomic E-state index is 5.60. The molecule has 4 nitrogen and oxygen atoms in total. The molecule has 0 amide bonds. The van der Waals surface area contributed by atoms with Crippen LogP contribution in [0.2, 0.25) is 0 Å². The Labute approximate surface area is 103 Å². The van der Waals surface area contributed by atoms with Crippen molar-refractivity contribution in [3.8, 4) is 0 Å². The first-order valence-electron chi connectivity index (χ1n) is 6.27. The molecule has 17 heavy (non-hydrogen) atoms. The quantitative estimate of drug-likeness (QED) is 0.848. The van der Waals surface area contributed by atoms with Gasteiger partial charge in [-0.25, -0.2) is 9.97 Å². The Morgan fingerprint density at radius 2 is 2.24 bits per heavy atom. The number of hydrogen-bond acceptors (Lipinski definition) is 4. The van der Waals surface area contributed by atoms with E-state index >= 15 is 0 Å². The lowest BCUT2D eigenvalue weighted by Crippen LogP contribution is -2.38. The second kappa shape index (κ2) is 5.10. The molecule has 0 radical (unpaired) electrons. The number of nitrogens with zero attached hydrogens (tertiary/aromatic N) is 2. The number of nitrogens with one attached hydrogen (secondary N) is 1. The predicted octanol–water partition coefficient (Wildman–Crippen LogP) is 2.00. The van der Waals surface area contributed by atoms with Gasteiger partial charge < -0.3 is 10.1 Å². The normalized spacial score (nSPS) is 18.1. The van der Waals surface area contributed by atoms with Crippen LogP contribution in [0.5, 0.6) is 0 Å². The number of rotatable bonds is 5. The van der Waals surface area contributed by atoms with E-state index in [4.69, 9.17) is 4.74 Å². The van der Waals surface area contributed by atoms with E-state index in [9.17, 15) is 0 Å². The maximum Gasteiger partial charge on any atom is 0.160 e. The molecular formula is C13H21N3O. The maximum absolute atomic E-state index is 5.60. The Morgan fingerprint density at radius 3 is 2.76 bits per heavy atom. The second-order valence-corrected chi connectivity index (χ2v) is 4.96. The SMILES string of the molecule is COC1(c2nccc(CNC(C)C)n2)CCC1. The van der Waals surface area contributed by atoms with Crippen LogP contribution in [0, 0.1) is 0 Å². The zero-order valence-electron chi connectivity index (χ0n) is 10.9. The first-order chi connectivity index (χ1) is 8.16. The van der Waals surface area contributed by atoms with Crippen molar-refractivity contribution < 1.29 is 4.74 Å². The largest absolute Gasteiger partial charge is 0.370 e. The summed E-state index contributed by atoms with van der Waals surface area (Å²) in [5.41, 5.74) is 0.820. The van der Waals surface area contributed by atoms with Crippen molar-refractivity contribution in [2.75, 3.05) is 7.11 Å². The van der Waals surface area contributed by atoms with E-state index in [0.717, 1.165) is 30.9 Å². The highest BCUT2D eigenvalue weighted by Gasteiger charge is 2.41. The first kappa shape index (κ1) is 12.5. The highest BCUT2D eigenvalue weighted by molar-refractivity contribution is 5.11. The molecule has 1 heterocycles. The zero-order valence-corrected chi connectivity index (χ0v) is 10.9. The molecule has 1 N–H and O–H groups in total. The molecule has 0 spiro atoms. The van der Waals surface area contributed by atoms with Crippen molar-refractivity contribution >= 4 is 0 Å². The Balaban J connectivity index is 2.11. The molecule has 0 saturated heterocycles. The van der Waals surface area contributed by atoms with Crippen molar-refractivity contribution in [1.29, 1.82) is 0 Å².